The average molecular weight is 268 g/mol. The second-order valence-electron chi connectivity index (χ2n) is 3.85. The predicted octanol–water partition coefficient (Wildman–Crippen LogP) is 2.23. The summed E-state index contributed by atoms with van der Waals surface area (Å²) in [7, 11) is 0. The first kappa shape index (κ1) is 10.6. The molecule has 0 aliphatic rings. The van der Waals surface area contributed by atoms with Crippen molar-refractivity contribution < 1.29 is 0 Å². The van der Waals surface area contributed by atoms with E-state index in [0.29, 0.717) is 12.5 Å². The molecule has 15 heavy (non-hydrogen) atoms. The number of nitrogens with zero attached hydrogens (tertiary/aromatic N) is 2. The van der Waals surface area contributed by atoms with Gasteiger partial charge in [-0.25, -0.2) is 4.98 Å². The molecule has 0 fully saturated rings. The quantitative estimate of drug-likeness (QED) is 0.927. The lowest BCUT2D eigenvalue weighted by atomic mass is 10.1. The molecule has 0 aromatic carbocycles. The van der Waals surface area contributed by atoms with E-state index in [1.165, 1.54) is 5.69 Å². The third-order valence-electron chi connectivity index (χ3n) is 2.57. The predicted molar refractivity (Wildman–Crippen MR) is 64.8 cm³/mol. The van der Waals surface area contributed by atoms with E-state index < -0.39 is 0 Å². The van der Waals surface area contributed by atoms with Crippen molar-refractivity contribution in [1.82, 2.24) is 9.38 Å². The zero-order valence-electron chi connectivity index (χ0n) is 8.65. The van der Waals surface area contributed by atoms with E-state index in [2.05, 4.69) is 44.4 Å². The van der Waals surface area contributed by atoms with Gasteiger partial charge in [0, 0.05) is 5.69 Å². The third kappa shape index (κ3) is 2.06. The summed E-state index contributed by atoms with van der Waals surface area (Å²) in [5.41, 5.74) is 8.00. The summed E-state index contributed by atoms with van der Waals surface area (Å²) in [6.45, 7) is 2.87. The zero-order valence-corrected chi connectivity index (χ0v) is 10.2. The minimum atomic E-state index is 0.497. The number of rotatable bonds is 3. The number of halogens is 1. The summed E-state index contributed by atoms with van der Waals surface area (Å²) in [6, 6.07) is 6.22. The molecule has 0 radical (unpaired) electrons. The van der Waals surface area contributed by atoms with Crippen LogP contribution in [0.5, 0.6) is 0 Å². The fraction of sp³-hybridized carbons (Fsp3) is 0.364. The SMILES string of the molecule is CC(CN)Cc1cccc2c(Br)ncn12. The Morgan fingerprint density at radius 1 is 1.53 bits per heavy atom. The van der Waals surface area contributed by atoms with E-state index in [1.54, 1.807) is 0 Å². The molecular weight excluding hydrogens is 254 g/mol. The number of nitrogens with two attached hydrogens (primary N) is 1. The van der Waals surface area contributed by atoms with Crippen LogP contribution in [0.15, 0.2) is 29.1 Å². The van der Waals surface area contributed by atoms with E-state index in [-0.39, 0.29) is 0 Å². The number of hydrogen-bond acceptors (Lipinski definition) is 2. The first-order valence-corrected chi connectivity index (χ1v) is 5.82. The van der Waals surface area contributed by atoms with Crippen molar-refractivity contribution in [3.05, 3.63) is 34.8 Å². The smallest absolute Gasteiger partial charge is 0.131 e. The van der Waals surface area contributed by atoms with E-state index >= 15 is 0 Å². The van der Waals surface area contributed by atoms with Gasteiger partial charge in [-0.3, -0.25) is 0 Å². The van der Waals surface area contributed by atoms with Crippen LogP contribution in [0.25, 0.3) is 5.52 Å². The highest BCUT2D eigenvalue weighted by atomic mass is 79.9. The Hall–Kier alpha value is -0.870. The molecule has 0 bridgehead atoms. The van der Waals surface area contributed by atoms with Gasteiger partial charge in [0.15, 0.2) is 0 Å². The van der Waals surface area contributed by atoms with Crippen molar-refractivity contribution in [1.29, 1.82) is 0 Å². The maximum Gasteiger partial charge on any atom is 0.131 e. The van der Waals surface area contributed by atoms with Gasteiger partial charge in [0.05, 0.1) is 5.52 Å². The second kappa shape index (κ2) is 4.33. The molecule has 2 N–H and O–H groups in total. The van der Waals surface area contributed by atoms with Gasteiger partial charge < -0.3 is 10.1 Å². The molecule has 3 nitrogen and oxygen atoms in total. The van der Waals surface area contributed by atoms with Crippen LogP contribution in [0.2, 0.25) is 0 Å². The topological polar surface area (TPSA) is 43.3 Å². The summed E-state index contributed by atoms with van der Waals surface area (Å²) in [5.74, 6) is 0.497. The first-order valence-electron chi connectivity index (χ1n) is 5.03. The largest absolute Gasteiger partial charge is 0.330 e. The Morgan fingerprint density at radius 3 is 3.07 bits per heavy atom. The summed E-state index contributed by atoms with van der Waals surface area (Å²) in [6.07, 6.45) is 2.83. The summed E-state index contributed by atoms with van der Waals surface area (Å²) in [5, 5.41) is 0. The van der Waals surface area contributed by atoms with Crippen LogP contribution in [0.3, 0.4) is 0 Å². The Balaban J connectivity index is 2.43. The molecule has 4 heteroatoms. The number of pyridine rings is 1. The molecular formula is C11H14BrN3. The summed E-state index contributed by atoms with van der Waals surface area (Å²) in [4.78, 5) is 4.24. The van der Waals surface area contributed by atoms with Crippen molar-refractivity contribution >= 4 is 21.4 Å². The van der Waals surface area contributed by atoms with Gasteiger partial charge in [-0.15, -0.1) is 0 Å². The van der Waals surface area contributed by atoms with Gasteiger partial charge in [-0.05, 0) is 46.9 Å². The van der Waals surface area contributed by atoms with Gasteiger partial charge in [0.2, 0.25) is 0 Å². The zero-order chi connectivity index (χ0) is 10.8. The van der Waals surface area contributed by atoms with Gasteiger partial charge in [0.1, 0.15) is 10.9 Å². The lowest BCUT2D eigenvalue weighted by Gasteiger charge is -2.10. The molecule has 1 unspecified atom stereocenters. The lowest BCUT2D eigenvalue weighted by molar-refractivity contribution is 0.580. The molecule has 0 aliphatic carbocycles. The van der Waals surface area contributed by atoms with E-state index in [0.717, 1.165) is 16.5 Å². The van der Waals surface area contributed by atoms with Crippen LogP contribution in [0.1, 0.15) is 12.6 Å². The average Bonchev–Trinajstić information content (AvgIpc) is 2.62. The number of aromatic nitrogens is 2. The summed E-state index contributed by atoms with van der Waals surface area (Å²) < 4.78 is 3.00. The molecule has 0 saturated carbocycles. The highest BCUT2D eigenvalue weighted by Crippen LogP contribution is 2.18. The maximum atomic E-state index is 5.64. The van der Waals surface area contributed by atoms with E-state index in [1.807, 2.05) is 12.4 Å². The number of fused-ring (bicyclic) bond motifs is 1. The lowest BCUT2D eigenvalue weighted by Crippen LogP contribution is -2.14. The second-order valence-corrected chi connectivity index (χ2v) is 4.60. The van der Waals surface area contributed by atoms with E-state index in [4.69, 9.17) is 5.73 Å². The fourth-order valence-electron chi connectivity index (χ4n) is 1.65. The Labute approximate surface area is 97.4 Å². The Kier molecular flexibility index (Phi) is 3.07. The van der Waals surface area contributed by atoms with E-state index in [9.17, 15) is 0 Å². The monoisotopic (exact) mass is 267 g/mol. The minimum Gasteiger partial charge on any atom is -0.330 e. The minimum absolute atomic E-state index is 0.497. The number of hydrogen-bond donors (Lipinski definition) is 1. The van der Waals surface area contributed by atoms with Crippen LogP contribution in [-0.4, -0.2) is 15.9 Å². The molecule has 0 amide bonds. The van der Waals surface area contributed by atoms with Crippen molar-refractivity contribution in [2.24, 2.45) is 11.7 Å². The standard InChI is InChI=1S/C11H14BrN3/c1-8(6-13)5-9-3-2-4-10-11(12)14-7-15(9)10/h2-4,7-8H,5-6,13H2,1H3. The third-order valence-corrected chi connectivity index (χ3v) is 3.18. The highest BCUT2D eigenvalue weighted by Gasteiger charge is 2.07. The van der Waals surface area contributed by atoms with Crippen LogP contribution in [-0.2, 0) is 6.42 Å². The first-order chi connectivity index (χ1) is 7.22. The molecule has 2 aromatic rings. The Bertz CT molecular complexity index is 464. The molecule has 2 aromatic heterocycles. The molecule has 0 spiro atoms. The van der Waals surface area contributed by atoms with Crippen molar-refractivity contribution in [2.75, 3.05) is 6.54 Å². The molecule has 0 aliphatic heterocycles. The van der Waals surface area contributed by atoms with Gasteiger partial charge in [-0.1, -0.05) is 13.0 Å². The molecule has 80 valence electrons. The van der Waals surface area contributed by atoms with Crippen LogP contribution < -0.4 is 5.73 Å². The van der Waals surface area contributed by atoms with Crippen molar-refractivity contribution in [3.8, 4) is 0 Å². The number of imidazole rings is 1. The normalized spacial score (nSPS) is 13.3. The molecule has 2 rings (SSSR count). The van der Waals surface area contributed by atoms with Crippen LogP contribution in [0.4, 0.5) is 0 Å². The van der Waals surface area contributed by atoms with Gasteiger partial charge in [-0.2, -0.15) is 0 Å². The molecule has 2 heterocycles. The van der Waals surface area contributed by atoms with Gasteiger partial charge in [0.25, 0.3) is 0 Å². The van der Waals surface area contributed by atoms with Crippen molar-refractivity contribution in [3.63, 3.8) is 0 Å². The van der Waals surface area contributed by atoms with Crippen LogP contribution in [0, 0.1) is 5.92 Å². The van der Waals surface area contributed by atoms with Crippen molar-refractivity contribution in [2.45, 2.75) is 13.3 Å². The van der Waals surface area contributed by atoms with Crippen LogP contribution >= 0.6 is 15.9 Å². The highest BCUT2D eigenvalue weighted by molar-refractivity contribution is 9.10. The summed E-state index contributed by atoms with van der Waals surface area (Å²) >= 11 is 3.43. The fourth-order valence-corrected chi connectivity index (χ4v) is 2.07. The van der Waals surface area contributed by atoms with Gasteiger partial charge >= 0.3 is 0 Å². The Morgan fingerprint density at radius 2 is 2.33 bits per heavy atom. The molecule has 1 atom stereocenters. The maximum absolute atomic E-state index is 5.64. The molecule has 0 saturated heterocycles.